The van der Waals surface area contributed by atoms with Gasteiger partial charge in [-0.2, -0.15) is 0 Å². The SMILES string of the molecule is O=C(O)CCCCCN1C(=O)[C@H]2[C@H](CC=C3[C@H]2C[C@H]2C(=O)N(c4cccc(Cl)c4)C(=O)[C@@]2(c2ccccc2)[C@H]3c2ccc(O)c3ccccc23)C1=O. The third-order valence-corrected chi connectivity index (χ3v) is 12.0. The fraction of sp³-hybridized carbons (Fsp3) is 0.310. The Balaban J connectivity index is 1.31. The number of carboxylic acids is 1. The zero-order valence-corrected chi connectivity index (χ0v) is 29.0. The number of imide groups is 2. The number of likely N-dealkylation sites (tertiary alicyclic amines) is 1. The van der Waals surface area contributed by atoms with E-state index in [0.29, 0.717) is 47.3 Å². The minimum Gasteiger partial charge on any atom is -0.507 e. The van der Waals surface area contributed by atoms with Crippen molar-refractivity contribution in [2.75, 3.05) is 11.4 Å². The highest BCUT2D eigenvalue weighted by Gasteiger charge is 2.70. The van der Waals surface area contributed by atoms with E-state index in [9.17, 15) is 24.3 Å². The molecule has 10 heteroatoms. The number of amides is 4. The average Bonchev–Trinajstić information content (AvgIpc) is 3.52. The van der Waals surface area contributed by atoms with Crippen LogP contribution in [0.1, 0.15) is 55.6 Å². The second-order valence-electron chi connectivity index (χ2n) is 14.3. The zero-order chi connectivity index (χ0) is 36.3. The van der Waals surface area contributed by atoms with E-state index in [2.05, 4.69) is 0 Å². The van der Waals surface area contributed by atoms with Gasteiger partial charge in [0.1, 0.15) is 5.75 Å². The van der Waals surface area contributed by atoms with Gasteiger partial charge in [0.05, 0.1) is 28.9 Å². The Hall–Kier alpha value is -5.28. The van der Waals surface area contributed by atoms with E-state index in [1.165, 1.54) is 9.80 Å². The number of phenolic OH excluding ortho intramolecular Hbond substituents is 1. The monoisotopic (exact) mass is 716 g/mol. The molecule has 2 aliphatic carbocycles. The van der Waals surface area contributed by atoms with Crippen LogP contribution in [0.5, 0.6) is 5.75 Å². The van der Waals surface area contributed by atoms with E-state index in [1.807, 2.05) is 66.7 Å². The van der Waals surface area contributed by atoms with E-state index in [-0.39, 0.29) is 37.0 Å². The summed E-state index contributed by atoms with van der Waals surface area (Å²) in [6.45, 7) is 0.204. The van der Waals surface area contributed by atoms with Gasteiger partial charge in [-0.15, -0.1) is 0 Å². The molecular formula is C42H37ClN2O7. The maximum absolute atomic E-state index is 15.5. The number of phenols is 1. The number of hydrogen-bond acceptors (Lipinski definition) is 6. The minimum absolute atomic E-state index is 0.0271. The number of aliphatic carboxylic acids is 1. The van der Waals surface area contributed by atoms with Gasteiger partial charge in [-0.1, -0.05) is 96.4 Å². The molecule has 0 radical (unpaired) electrons. The fourth-order valence-corrected chi connectivity index (χ4v) is 9.84. The van der Waals surface area contributed by atoms with Crippen molar-refractivity contribution in [3.05, 3.63) is 119 Å². The number of carbonyl (C=O) groups excluding carboxylic acids is 4. The predicted octanol–water partition coefficient (Wildman–Crippen LogP) is 7.01. The number of rotatable bonds is 9. The second kappa shape index (κ2) is 13.0. The van der Waals surface area contributed by atoms with E-state index >= 15 is 4.79 Å². The Morgan fingerprint density at radius 3 is 2.31 bits per heavy atom. The molecule has 2 aliphatic heterocycles. The summed E-state index contributed by atoms with van der Waals surface area (Å²) < 4.78 is 0. The number of carbonyl (C=O) groups is 5. The lowest BCUT2D eigenvalue weighted by atomic mass is 9.49. The smallest absolute Gasteiger partial charge is 0.303 e. The molecule has 52 heavy (non-hydrogen) atoms. The Kier molecular flexibility index (Phi) is 8.49. The molecule has 0 unspecified atom stereocenters. The quantitative estimate of drug-likeness (QED) is 0.108. The van der Waals surface area contributed by atoms with Crippen molar-refractivity contribution >= 4 is 57.7 Å². The summed E-state index contributed by atoms with van der Waals surface area (Å²) in [5, 5.41) is 21.7. The number of aromatic hydroxyl groups is 1. The highest BCUT2D eigenvalue weighted by atomic mass is 35.5. The molecule has 2 saturated heterocycles. The standard InChI is InChI=1S/C42H37ClN2O7/c43-25-12-9-13-26(22-25)45-39(50)33-23-32-30(17-18-31-36(32)40(51)44(38(31)49)21-8-2-5-16-35(47)48)37(42(33,41(45)52)24-10-3-1-4-11-24)29-19-20-34(46)28-15-7-6-14-27(28)29/h1,3-4,6-7,9-15,17,19-20,22,31-33,36-37,46H,2,5,8,16,18,21,23H2,(H,47,48)/t31-,32+,33-,36-,37-,42+/m0/s1. The topological polar surface area (TPSA) is 132 Å². The first-order valence-electron chi connectivity index (χ1n) is 17.8. The number of anilines is 1. The van der Waals surface area contributed by atoms with Gasteiger partial charge in [0.2, 0.25) is 23.6 Å². The summed E-state index contributed by atoms with van der Waals surface area (Å²) in [5.41, 5.74) is 1.19. The summed E-state index contributed by atoms with van der Waals surface area (Å²) in [7, 11) is 0. The molecule has 4 aliphatic rings. The first-order valence-corrected chi connectivity index (χ1v) is 18.2. The van der Waals surface area contributed by atoms with Crippen molar-refractivity contribution < 1.29 is 34.2 Å². The van der Waals surface area contributed by atoms with Crippen LogP contribution in [0, 0.1) is 23.7 Å². The lowest BCUT2D eigenvalue weighted by Gasteiger charge is -2.51. The van der Waals surface area contributed by atoms with Crippen LogP contribution in [0.4, 0.5) is 5.69 Å². The number of fused-ring (bicyclic) bond motifs is 5. The Morgan fingerprint density at radius 2 is 1.56 bits per heavy atom. The van der Waals surface area contributed by atoms with Crippen LogP contribution in [0.15, 0.2) is 103 Å². The van der Waals surface area contributed by atoms with Crippen LogP contribution in [-0.2, 0) is 29.4 Å². The lowest BCUT2D eigenvalue weighted by Crippen LogP contribution is -2.53. The Bertz CT molecular complexity index is 2180. The van der Waals surface area contributed by atoms with Crippen LogP contribution < -0.4 is 4.90 Å². The van der Waals surface area contributed by atoms with E-state index in [0.717, 1.165) is 16.5 Å². The molecule has 3 fully saturated rings. The van der Waals surface area contributed by atoms with Gasteiger partial charge in [0, 0.05) is 29.3 Å². The van der Waals surface area contributed by atoms with Gasteiger partial charge in [0.15, 0.2) is 0 Å². The van der Waals surface area contributed by atoms with Crippen molar-refractivity contribution in [2.45, 2.75) is 49.9 Å². The number of allylic oxidation sites excluding steroid dienone is 2. The van der Waals surface area contributed by atoms with Gasteiger partial charge in [-0.25, -0.2) is 4.90 Å². The van der Waals surface area contributed by atoms with Crippen LogP contribution in [0.2, 0.25) is 5.02 Å². The molecular weight excluding hydrogens is 680 g/mol. The lowest BCUT2D eigenvalue weighted by molar-refractivity contribution is -0.141. The van der Waals surface area contributed by atoms with Crippen molar-refractivity contribution in [1.29, 1.82) is 0 Å². The third kappa shape index (κ3) is 5.08. The van der Waals surface area contributed by atoms with Gasteiger partial charge in [-0.05, 0) is 72.4 Å². The van der Waals surface area contributed by atoms with E-state index < -0.39 is 52.8 Å². The predicted molar refractivity (Wildman–Crippen MR) is 195 cm³/mol. The minimum atomic E-state index is -1.43. The van der Waals surface area contributed by atoms with E-state index in [4.69, 9.17) is 16.7 Å². The van der Waals surface area contributed by atoms with Gasteiger partial charge in [0.25, 0.3) is 0 Å². The molecule has 9 nitrogen and oxygen atoms in total. The molecule has 1 saturated carbocycles. The Labute approximate surface area is 305 Å². The van der Waals surface area contributed by atoms with Crippen LogP contribution in [0.3, 0.4) is 0 Å². The summed E-state index contributed by atoms with van der Waals surface area (Å²) in [6, 6.07) is 26.9. The van der Waals surface area contributed by atoms with E-state index in [1.54, 1.807) is 30.3 Å². The molecule has 8 rings (SSSR count). The number of hydrogen-bond donors (Lipinski definition) is 2. The Morgan fingerprint density at radius 1 is 0.808 bits per heavy atom. The number of carboxylic acid groups (broad SMARTS) is 1. The van der Waals surface area contributed by atoms with Gasteiger partial charge < -0.3 is 10.2 Å². The second-order valence-corrected chi connectivity index (χ2v) is 14.8. The molecule has 0 spiro atoms. The van der Waals surface area contributed by atoms with Gasteiger partial charge >= 0.3 is 5.97 Å². The van der Waals surface area contributed by atoms with Crippen molar-refractivity contribution in [3.8, 4) is 5.75 Å². The van der Waals surface area contributed by atoms with Gasteiger partial charge in [-0.3, -0.25) is 28.9 Å². The highest BCUT2D eigenvalue weighted by Crippen LogP contribution is 2.65. The zero-order valence-electron chi connectivity index (χ0n) is 28.3. The maximum atomic E-state index is 15.5. The number of halogens is 1. The molecule has 4 aromatic rings. The summed E-state index contributed by atoms with van der Waals surface area (Å²) in [6.07, 6.45) is 4.06. The number of unbranched alkanes of at least 4 members (excludes halogenated alkanes) is 2. The summed E-state index contributed by atoms with van der Waals surface area (Å²) in [5.74, 6) is -5.56. The van der Waals surface area contributed by atoms with Crippen molar-refractivity contribution in [3.63, 3.8) is 0 Å². The summed E-state index contributed by atoms with van der Waals surface area (Å²) >= 11 is 6.42. The molecule has 6 atom stereocenters. The molecule has 4 aromatic carbocycles. The first-order chi connectivity index (χ1) is 25.1. The van der Waals surface area contributed by atoms with Crippen LogP contribution in [0.25, 0.3) is 10.8 Å². The number of benzene rings is 4. The molecule has 0 bridgehead atoms. The normalized spacial score (nSPS) is 26.7. The first kappa shape index (κ1) is 33.8. The van der Waals surface area contributed by atoms with Crippen molar-refractivity contribution in [1.82, 2.24) is 4.90 Å². The molecule has 2 heterocycles. The number of nitrogens with zero attached hydrogens (tertiary/aromatic N) is 2. The largest absolute Gasteiger partial charge is 0.507 e. The molecule has 264 valence electrons. The summed E-state index contributed by atoms with van der Waals surface area (Å²) in [4.78, 5) is 72.3. The van der Waals surface area contributed by atoms with Crippen LogP contribution >= 0.6 is 11.6 Å². The van der Waals surface area contributed by atoms with Crippen LogP contribution in [-0.4, -0.2) is 51.3 Å². The van der Waals surface area contributed by atoms with Crippen molar-refractivity contribution in [2.24, 2.45) is 23.7 Å². The maximum Gasteiger partial charge on any atom is 0.303 e. The molecule has 2 N–H and O–H groups in total. The molecule has 4 amide bonds. The fourth-order valence-electron chi connectivity index (χ4n) is 9.66. The third-order valence-electron chi connectivity index (χ3n) is 11.8. The average molecular weight is 717 g/mol. The highest BCUT2D eigenvalue weighted by molar-refractivity contribution is 6.32. The molecule has 0 aromatic heterocycles.